The number of anilines is 1. The molecule has 0 unspecified atom stereocenters. The van der Waals surface area contributed by atoms with Gasteiger partial charge >= 0.3 is 0 Å². The first-order valence-electron chi connectivity index (χ1n) is 8.57. The number of fused-ring (bicyclic) bond motifs is 1. The predicted molar refractivity (Wildman–Crippen MR) is 98.3 cm³/mol. The van der Waals surface area contributed by atoms with Crippen molar-refractivity contribution in [3.05, 3.63) is 35.7 Å². The molecular weight excluding hydrogens is 316 g/mol. The van der Waals surface area contributed by atoms with Crippen LogP contribution in [-0.4, -0.2) is 35.1 Å². The molecule has 0 aliphatic heterocycles. The fourth-order valence-corrected chi connectivity index (χ4v) is 3.50. The summed E-state index contributed by atoms with van der Waals surface area (Å²) >= 11 is 0. The molecule has 6 nitrogen and oxygen atoms in total. The van der Waals surface area contributed by atoms with Crippen LogP contribution in [0.15, 0.2) is 24.4 Å². The van der Waals surface area contributed by atoms with Gasteiger partial charge in [-0.15, -0.1) is 0 Å². The van der Waals surface area contributed by atoms with Crippen LogP contribution in [0, 0.1) is 19.3 Å². The molecule has 3 aromatic rings. The first kappa shape index (κ1) is 16.0. The van der Waals surface area contributed by atoms with Crippen LogP contribution in [-0.2, 0) is 4.74 Å². The maximum Gasteiger partial charge on any atom is 0.126 e. The summed E-state index contributed by atoms with van der Waals surface area (Å²) in [6.07, 6.45) is 4.15. The van der Waals surface area contributed by atoms with E-state index in [0.29, 0.717) is 12.4 Å². The average molecular weight is 340 g/mol. The summed E-state index contributed by atoms with van der Waals surface area (Å²) in [5, 5.41) is 8.30. The van der Waals surface area contributed by atoms with E-state index in [2.05, 4.69) is 21.7 Å². The van der Waals surface area contributed by atoms with Crippen molar-refractivity contribution in [1.82, 2.24) is 14.8 Å². The summed E-state index contributed by atoms with van der Waals surface area (Å²) in [6.45, 7) is 5.54. The van der Waals surface area contributed by atoms with Crippen molar-refractivity contribution in [2.75, 3.05) is 26.1 Å². The normalized spacial score (nSPS) is 15.6. The molecule has 0 spiro atoms. The minimum Gasteiger partial charge on any atom is -0.492 e. The highest BCUT2D eigenvalue weighted by Crippen LogP contribution is 2.46. The van der Waals surface area contributed by atoms with E-state index < -0.39 is 0 Å². The van der Waals surface area contributed by atoms with Gasteiger partial charge in [-0.1, -0.05) is 0 Å². The average Bonchev–Trinajstić information content (AvgIpc) is 3.05. The van der Waals surface area contributed by atoms with Gasteiger partial charge in [0, 0.05) is 35.2 Å². The van der Waals surface area contributed by atoms with Gasteiger partial charge in [0.2, 0.25) is 0 Å². The van der Waals surface area contributed by atoms with E-state index in [-0.39, 0.29) is 5.41 Å². The number of ether oxygens (including phenoxy) is 2. The van der Waals surface area contributed by atoms with E-state index in [1.807, 2.05) is 31.3 Å². The molecule has 2 aromatic heterocycles. The van der Waals surface area contributed by atoms with E-state index in [9.17, 15) is 0 Å². The van der Waals surface area contributed by atoms with Crippen LogP contribution in [0.2, 0.25) is 0 Å². The van der Waals surface area contributed by atoms with E-state index in [1.54, 1.807) is 7.11 Å². The molecule has 0 saturated heterocycles. The molecule has 0 bridgehead atoms. The van der Waals surface area contributed by atoms with Gasteiger partial charge in [-0.25, -0.2) is 0 Å². The summed E-state index contributed by atoms with van der Waals surface area (Å²) in [6, 6.07) is 5.97. The van der Waals surface area contributed by atoms with E-state index in [0.717, 1.165) is 53.0 Å². The minimum atomic E-state index is 0.173. The Bertz CT molecular complexity index is 902. The van der Waals surface area contributed by atoms with Crippen LogP contribution in [0.4, 0.5) is 5.82 Å². The van der Waals surface area contributed by atoms with E-state index in [1.165, 1.54) is 0 Å². The summed E-state index contributed by atoms with van der Waals surface area (Å²) in [4.78, 5) is 0. The number of rotatable bonds is 6. The number of nitrogens with one attached hydrogen (secondary N) is 1. The quantitative estimate of drug-likeness (QED) is 0.721. The number of methoxy groups -OCH3 is 1. The molecule has 1 saturated carbocycles. The Labute approximate surface area is 146 Å². The van der Waals surface area contributed by atoms with Gasteiger partial charge in [-0.3, -0.25) is 9.67 Å². The van der Waals surface area contributed by atoms with Crippen LogP contribution >= 0.6 is 0 Å². The van der Waals surface area contributed by atoms with Crippen LogP contribution in [0.25, 0.3) is 16.6 Å². The second kappa shape index (κ2) is 5.81. The first-order valence-corrected chi connectivity index (χ1v) is 8.57. The Morgan fingerprint density at radius 1 is 1.28 bits per heavy atom. The molecule has 3 N–H and O–H groups in total. The molecule has 25 heavy (non-hydrogen) atoms. The molecule has 0 amide bonds. The topological polar surface area (TPSA) is 78.1 Å². The minimum absolute atomic E-state index is 0.173. The van der Waals surface area contributed by atoms with Gasteiger partial charge in [-0.05, 0) is 38.8 Å². The summed E-state index contributed by atoms with van der Waals surface area (Å²) in [5.74, 6) is 1.57. The number of aromatic amines is 1. The van der Waals surface area contributed by atoms with Crippen molar-refractivity contribution in [2.24, 2.45) is 5.41 Å². The number of nitrogens with two attached hydrogens (primary N) is 1. The fourth-order valence-electron chi connectivity index (χ4n) is 3.50. The second-order valence-electron chi connectivity index (χ2n) is 7.14. The van der Waals surface area contributed by atoms with Crippen molar-refractivity contribution in [2.45, 2.75) is 26.7 Å². The Kier molecular flexibility index (Phi) is 3.72. The number of nitrogens with zero attached hydrogens (tertiary/aromatic N) is 2. The predicted octanol–water partition coefficient (Wildman–Crippen LogP) is 3.36. The number of benzene rings is 1. The smallest absolute Gasteiger partial charge is 0.126 e. The number of hydrogen-bond acceptors (Lipinski definition) is 4. The third kappa shape index (κ3) is 2.66. The number of aromatic nitrogens is 3. The van der Waals surface area contributed by atoms with Gasteiger partial charge in [0.15, 0.2) is 0 Å². The number of H-pyrrole nitrogens is 1. The third-order valence-corrected chi connectivity index (χ3v) is 5.20. The highest BCUT2D eigenvalue weighted by molar-refractivity contribution is 5.91. The zero-order valence-electron chi connectivity index (χ0n) is 14.9. The first-order chi connectivity index (χ1) is 12.0. The maximum atomic E-state index is 6.23. The molecule has 1 aliphatic carbocycles. The monoisotopic (exact) mass is 340 g/mol. The van der Waals surface area contributed by atoms with Gasteiger partial charge in [0.1, 0.15) is 11.6 Å². The Morgan fingerprint density at radius 3 is 2.72 bits per heavy atom. The molecule has 0 radical (unpaired) electrons. The SMILES string of the molecule is COCC1(COc2cc3[nH]ncc3c(-n3c(C)ccc3N)c2C)CC1. The third-order valence-electron chi connectivity index (χ3n) is 5.20. The zero-order chi connectivity index (χ0) is 17.6. The van der Waals surface area contributed by atoms with Crippen molar-refractivity contribution < 1.29 is 9.47 Å². The Balaban J connectivity index is 1.78. The van der Waals surface area contributed by atoms with Crippen LogP contribution in [0.1, 0.15) is 24.1 Å². The highest BCUT2D eigenvalue weighted by atomic mass is 16.5. The number of aryl methyl sites for hydroxylation is 1. The molecule has 0 atom stereocenters. The van der Waals surface area contributed by atoms with Crippen LogP contribution in [0.5, 0.6) is 5.75 Å². The van der Waals surface area contributed by atoms with Crippen LogP contribution in [0.3, 0.4) is 0 Å². The molecule has 4 rings (SSSR count). The molecule has 1 aliphatic rings. The van der Waals surface area contributed by atoms with Crippen molar-refractivity contribution >= 4 is 16.7 Å². The molecule has 6 heteroatoms. The lowest BCUT2D eigenvalue weighted by molar-refractivity contribution is 0.104. The number of hydrogen-bond donors (Lipinski definition) is 2. The Hall–Kier alpha value is -2.47. The molecular formula is C19H24N4O2. The lowest BCUT2D eigenvalue weighted by Gasteiger charge is -2.20. The van der Waals surface area contributed by atoms with Gasteiger partial charge in [0.05, 0.1) is 30.6 Å². The lowest BCUT2D eigenvalue weighted by atomic mass is 10.1. The fraction of sp³-hybridized carbons (Fsp3) is 0.421. The standard InChI is InChI=1S/C19H24N4O2/c1-12-4-5-17(20)23(12)18-13(2)16(8-15-14(18)9-21-22-15)25-11-19(6-7-19)10-24-3/h4-5,8-9H,6-7,10-11,20H2,1-3H3,(H,21,22). The molecule has 1 fully saturated rings. The van der Waals surface area contributed by atoms with Crippen LogP contribution < -0.4 is 10.5 Å². The molecule has 1 aromatic carbocycles. The van der Waals surface area contributed by atoms with Gasteiger partial charge in [-0.2, -0.15) is 5.10 Å². The van der Waals surface area contributed by atoms with Crippen molar-refractivity contribution in [3.63, 3.8) is 0 Å². The summed E-state index contributed by atoms with van der Waals surface area (Å²) < 4.78 is 13.6. The zero-order valence-corrected chi connectivity index (χ0v) is 14.9. The Morgan fingerprint density at radius 2 is 2.08 bits per heavy atom. The van der Waals surface area contributed by atoms with E-state index in [4.69, 9.17) is 15.2 Å². The molecule has 2 heterocycles. The van der Waals surface area contributed by atoms with Crippen molar-refractivity contribution in [3.8, 4) is 11.4 Å². The van der Waals surface area contributed by atoms with Gasteiger partial charge in [0.25, 0.3) is 0 Å². The van der Waals surface area contributed by atoms with Crippen molar-refractivity contribution in [1.29, 1.82) is 0 Å². The number of nitrogen functional groups attached to an aromatic ring is 1. The summed E-state index contributed by atoms with van der Waals surface area (Å²) in [5.41, 5.74) is 10.5. The maximum absolute atomic E-state index is 6.23. The molecule has 132 valence electrons. The van der Waals surface area contributed by atoms with E-state index >= 15 is 0 Å². The summed E-state index contributed by atoms with van der Waals surface area (Å²) in [7, 11) is 1.75. The largest absolute Gasteiger partial charge is 0.492 e. The lowest BCUT2D eigenvalue weighted by Crippen LogP contribution is -2.19. The second-order valence-corrected chi connectivity index (χ2v) is 7.14. The van der Waals surface area contributed by atoms with Gasteiger partial charge < -0.3 is 15.2 Å². The highest BCUT2D eigenvalue weighted by Gasteiger charge is 2.43.